The van der Waals surface area contributed by atoms with Crippen molar-refractivity contribution in [3.05, 3.63) is 65.2 Å². The Morgan fingerprint density at radius 3 is 2.29 bits per heavy atom. The molecule has 0 bridgehead atoms. The molecule has 0 spiro atoms. The van der Waals surface area contributed by atoms with Gasteiger partial charge in [-0.15, -0.1) is 0 Å². The fourth-order valence-electron chi connectivity index (χ4n) is 2.87. The van der Waals surface area contributed by atoms with Gasteiger partial charge in [0.25, 0.3) is 0 Å². The lowest BCUT2D eigenvalue weighted by Crippen LogP contribution is -2.22. The third kappa shape index (κ3) is 6.45. The van der Waals surface area contributed by atoms with Gasteiger partial charge in [0.1, 0.15) is 0 Å². The Labute approximate surface area is 168 Å². The van der Waals surface area contributed by atoms with Crippen molar-refractivity contribution >= 4 is 12.0 Å². The molecule has 0 heterocycles. The number of hydrogen-bond acceptors (Lipinski definition) is 3. The van der Waals surface area contributed by atoms with Crippen molar-refractivity contribution in [3.8, 4) is 11.5 Å². The Morgan fingerprint density at radius 2 is 1.68 bits per heavy atom. The molecule has 0 aliphatic rings. The second-order valence-corrected chi connectivity index (χ2v) is 7.79. The number of rotatable bonds is 8. The van der Waals surface area contributed by atoms with Crippen LogP contribution in [-0.4, -0.2) is 26.7 Å². The molecule has 2 aromatic carbocycles. The third-order valence-corrected chi connectivity index (χ3v) is 4.59. The van der Waals surface area contributed by atoms with E-state index in [2.05, 4.69) is 38.2 Å². The standard InChI is InChI=1S/C24H31NO3/c1-24(2,3)20-12-8-18(9-13-20)11-15-23(26)25-16-6-7-19-10-14-21(27-4)22(17-19)28-5/h8-15,17H,6-7,16H2,1-5H3,(H,25,26)/b15-11+. The SMILES string of the molecule is COc1ccc(CCCNC(=O)/C=C/c2ccc(C(C)(C)C)cc2)cc1OC. The van der Waals surface area contributed by atoms with E-state index >= 15 is 0 Å². The van der Waals surface area contributed by atoms with Crippen LogP contribution in [0.5, 0.6) is 11.5 Å². The molecule has 4 nitrogen and oxygen atoms in total. The fourth-order valence-corrected chi connectivity index (χ4v) is 2.87. The van der Waals surface area contributed by atoms with Crippen LogP contribution in [0, 0.1) is 0 Å². The Bertz CT molecular complexity index is 802. The minimum atomic E-state index is -0.0767. The van der Waals surface area contributed by atoms with E-state index in [4.69, 9.17) is 9.47 Å². The van der Waals surface area contributed by atoms with E-state index in [1.54, 1.807) is 20.3 Å². The summed E-state index contributed by atoms with van der Waals surface area (Å²) in [4.78, 5) is 12.0. The normalized spacial score (nSPS) is 11.5. The monoisotopic (exact) mass is 381 g/mol. The summed E-state index contributed by atoms with van der Waals surface area (Å²) < 4.78 is 10.6. The summed E-state index contributed by atoms with van der Waals surface area (Å²) >= 11 is 0. The van der Waals surface area contributed by atoms with Gasteiger partial charge in [0.05, 0.1) is 14.2 Å². The van der Waals surface area contributed by atoms with Gasteiger partial charge < -0.3 is 14.8 Å². The first-order valence-corrected chi connectivity index (χ1v) is 9.61. The summed E-state index contributed by atoms with van der Waals surface area (Å²) in [7, 11) is 3.25. The lowest BCUT2D eigenvalue weighted by Gasteiger charge is -2.18. The number of aryl methyl sites for hydroxylation is 1. The van der Waals surface area contributed by atoms with Crippen molar-refractivity contribution in [1.82, 2.24) is 5.32 Å². The number of ether oxygens (including phenoxy) is 2. The Balaban J connectivity index is 1.77. The molecule has 1 amide bonds. The minimum Gasteiger partial charge on any atom is -0.493 e. The van der Waals surface area contributed by atoms with Crippen molar-refractivity contribution in [2.45, 2.75) is 39.0 Å². The zero-order valence-corrected chi connectivity index (χ0v) is 17.5. The molecule has 0 unspecified atom stereocenters. The Hall–Kier alpha value is -2.75. The van der Waals surface area contributed by atoms with E-state index < -0.39 is 0 Å². The van der Waals surface area contributed by atoms with Crippen molar-refractivity contribution in [3.63, 3.8) is 0 Å². The summed E-state index contributed by atoms with van der Waals surface area (Å²) in [6.45, 7) is 7.19. The van der Waals surface area contributed by atoms with Gasteiger partial charge in [-0.05, 0) is 53.2 Å². The molecule has 4 heteroatoms. The van der Waals surface area contributed by atoms with Gasteiger partial charge in [0, 0.05) is 12.6 Å². The maximum absolute atomic E-state index is 12.0. The first-order chi connectivity index (χ1) is 13.3. The topological polar surface area (TPSA) is 47.6 Å². The van der Waals surface area contributed by atoms with Crippen LogP contribution in [0.2, 0.25) is 0 Å². The van der Waals surface area contributed by atoms with Gasteiger partial charge in [0.15, 0.2) is 11.5 Å². The quantitative estimate of drug-likeness (QED) is 0.530. The van der Waals surface area contributed by atoms with Crippen molar-refractivity contribution in [2.24, 2.45) is 0 Å². The van der Waals surface area contributed by atoms with Gasteiger partial charge >= 0.3 is 0 Å². The van der Waals surface area contributed by atoms with Gasteiger partial charge in [0.2, 0.25) is 5.91 Å². The molecule has 0 aliphatic carbocycles. The molecule has 0 aliphatic heterocycles. The summed E-state index contributed by atoms with van der Waals surface area (Å²) in [5.41, 5.74) is 3.59. The van der Waals surface area contributed by atoms with E-state index in [0.717, 1.165) is 35.5 Å². The van der Waals surface area contributed by atoms with Crippen LogP contribution in [0.25, 0.3) is 6.08 Å². The first-order valence-electron chi connectivity index (χ1n) is 9.61. The molecular weight excluding hydrogens is 350 g/mol. The van der Waals surface area contributed by atoms with Crippen LogP contribution in [0.1, 0.15) is 43.9 Å². The highest BCUT2D eigenvalue weighted by Crippen LogP contribution is 2.28. The summed E-state index contributed by atoms with van der Waals surface area (Å²) in [5.74, 6) is 1.37. The molecular formula is C24H31NO3. The predicted octanol–water partition coefficient (Wildman–Crippen LogP) is 4.76. The Morgan fingerprint density at radius 1 is 1.00 bits per heavy atom. The maximum atomic E-state index is 12.0. The highest BCUT2D eigenvalue weighted by molar-refractivity contribution is 5.91. The van der Waals surface area contributed by atoms with Crippen LogP contribution >= 0.6 is 0 Å². The molecule has 1 N–H and O–H groups in total. The van der Waals surface area contributed by atoms with Crippen LogP contribution in [-0.2, 0) is 16.6 Å². The molecule has 0 fully saturated rings. The fraction of sp³-hybridized carbons (Fsp3) is 0.375. The van der Waals surface area contributed by atoms with Crippen LogP contribution in [0.4, 0.5) is 0 Å². The zero-order chi connectivity index (χ0) is 20.6. The highest BCUT2D eigenvalue weighted by atomic mass is 16.5. The number of methoxy groups -OCH3 is 2. The molecule has 0 saturated heterocycles. The average molecular weight is 382 g/mol. The number of amides is 1. The van der Waals surface area contributed by atoms with E-state index in [1.165, 1.54) is 5.56 Å². The van der Waals surface area contributed by atoms with Crippen LogP contribution in [0.3, 0.4) is 0 Å². The van der Waals surface area contributed by atoms with E-state index in [-0.39, 0.29) is 11.3 Å². The lowest BCUT2D eigenvalue weighted by atomic mass is 9.87. The van der Waals surface area contributed by atoms with Crippen molar-refractivity contribution in [1.29, 1.82) is 0 Å². The van der Waals surface area contributed by atoms with Gasteiger partial charge in [-0.25, -0.2) is 0 Å². The Kier molecular flexibility index (Phi) is 7.68. The first kappa shape index (κ1) is 21.5. The van der Waals surface area contributed by atoms with Gasteiger partial charge in [-0.2, -0.15) is 0 Å². The average Bonchev–Trinajstić information content (AvgIpc) is 2.69. The highest BCUT2D eigenvalue weighted by Gasteiger charge is 2.12. The molecule has 2 rings (SSSR count). The molecule has 2 aromatic rings. The third-order valence-electron chi connectivity index (χ3n) is 4.59. The zero-order valence-electron chi connectivity index (χ0n) is 17.5. The number of carbonyl (C=O) groups excluding carboxylic acids is 1. The second kappa shape index (κ2) is 9.98. The van der Waals surface area contributed by atoms with Gasteiger partial charge in [-0.3, -0.25) is 4.79 Å². The number of nitrogens with one attached hydrogen (secondary N) is 1. The largest absolute Gasteiger partial charge is 0.493 e. The van der Waals surface area contributed by atoms with Crippen molar-refractivity contribution in [2.75, 3.05) is 20.8 Å². The van der Waals surface area contributed by atoms with E-state index in [9.17, 15) is 4.79 Å². The summed E-state index contributed by atoms with van der Waals surface area (Å²) in [6.07, 6.45) is 5.15. The van der Waals surface area contributed by atoms with Crippen molar-refractivity contribution < 1.29 is 14.3 Å². The van der Waals surface area contributed by atoms with Gasteiger partial charge in [-0.1, -0.05) is 51.1 Å². The lowest BCUT2D eigenvalue weighted by molar-refractivity contribution is -0.116. The molecule has 0 radical (unpaired) electrons. The molecule has 0 aromatic heterocycles. The smallest absolute Gasteiger partial charge is 0.243 e. The molecule has 150 valence electrons. The summed E-state index contributed by atoms with van der Waals surface area (Å²) in [6, 6.07) is 14.2. The van der Waals surface area contributed by atoms with E-state index in [1.807, 2.05) is 36.4 Å². The number of carbonyl (C=O) groups is 1. The van der Waals surface area contributed by atoms with E-state index in [0.29, 0.717) is 6.54 Å². The number of benzene rings is 2. The second-order valence-electron chi connectivity index (χ2n) is 7.79. The number of hydrogen-bond donors (Lipinski definition) is 1. The minimum absolute atomic E-state index is 0.0767. The molecule has 0 saturated carbocycles. The predicted molar refractivity (Wildman–Crippen MR) is 115 cm³/mol. The maximum Gasteiger partial charge on any atom is 0.243 e. The molecule has 0 atom stereocenters. The summed E-state index contributed by atoms with van der Waals surface area (Å²) in [5, 5.41) is 2.93. The van der Waals surface area contributed by atoms with Crippen LogP contribution in [0.15, 0.2) is 48.5 Å². The molecule has 28 heavy (non-hydrogen) atoms. The van der Waals surface area contributed by atoms with Crippen LogP contribution < -0.4 is 14.8 Å².